The van der Waals surface area contributed by atoms with Gasteiger partial charge in [-0.05, 0) is 67.3 Å². The highest BCUT2D eigenvalue weighted by Crippen LogP contribution is 2.49. The molecule has 4 heterocycles. The molecule has 13 heteroatoms. The maximum Gasteiger partial charge on any atom is 0.202 e. The second kappa shape index (κ2) is 11.9. The third kappa shape index (κ3) is 5.13. The molecule has 3 aromatic rings. The summed E-state index contributed by atoms with van der Waals surface area (Å²) in [6.07, 6.45) is -3.81. The molecule has 0 unspecified atom stereocenters. The lowest BCUT2D eigenvalue weighted by Crippen LogP contribution is -2.62. The molecule has 0 saturated carbocycles. The van der Waals surface area contributed by atoms with Gasteiger partial charge in [0.15, 0.2) is 23.1 Å². The molecule has 1 aliphatic carbocycles. The number of nitrogens with zero attached hydrogens (tertiary/aromatic N) is 1. The van der Waals surface area contributed by atoms with Crippen molar-refractivity contribution in [1.29, 1.82) is 0 Å². The molecule has 7 rings (SSSR count). The molecule has 50 heavy (non-hydrogen) atoms. The fourth-order valence-electron chi connectivity index (χ4n) is 7.86. The van der Waals surface area contributed by atoms with E-state index in [9.17, 15) is 29.7 Å². The highest BCUT2D eigenvalue weighted by molar-refractivity contribution is 6.32. The van der Waals surface area contributed by atoms with Crippen molar-refractivity contribution in [3.05, 3.63) is 68.1 Å². The van der Waals surface area contributed by atoms with Gasteiger partial charge in [-0.1, -0.05) is 6.07 Å². The van der Waals surface area contributed by atoms with E-state index in [1.807, 2.05) is 39.8 Å². The molecule has 4 aliphatic rings. The number of epoxide rings is 1. The Kier molecular flexibility index (Phi) is 8.30. The van der Waals surface area contributed by atoms with Gasteiger partial charge in [-0.15, -0.1) is 0 Å². The number of aliphatic hydroxyl groups is 1. The first-order chi connectivity index (χ1) is 23.5. The Balaban J connectivity index is 1.26. The summed E-state index contributed by atoms with van der Waals surface area (Å²) >= 11 is 0. The van der Waals surface area contributed by atoms with Crippen molar-refractivity contribution in [3.8, 4) is 11.5 Å². The number of carbonyl (C=O) groups is 2. The van der Waals surface area contributed by atoms with E-state index in [-0.39, 0.29) is 45.1 Å². The fourth-order valence-corrected chi connectivity index (χ4v) is 7.86. The summed E-state index contributed by atoms with van der Waals surface area (Å²) in [6, 6.07) is 5.36. The maximum atomic E-state index is 14.4. The van der Waals surface area contributed by atoms with Gasteiger partial charge in [-0.3, -0.25) is 14.4 Å². The first kappa shape index (κ1) is 34.7. The van der Waals surface area contributed by atoms with Crippen LogP contribution in [0.2, 0.25) is 0 Å². The van der Waals surface area contributed by atoms with Crippen LogP contribution in [0.4, 0.5) is 0 Å². The summed E-state index contributed by atoms with van der Waals surface area (Å²) in [5.41, 5.74) is -2.77. The van der Waals surface area contributed by atoms with Gasteiger partial charge < -0.3 is 48.3 Å². The van der Waals surface area contributed by atoms with Gasteiger partial charge in [0.25, 0.3) is 0 Å². The molecule has 1 aromatic heterocycles. The average Bonchev–Trinajstić information content (AvgIpc) is 3.68. The number of phenolic OH excluding ortho intramolecular Hbond substituents is 2. The second-order valence-electron chi connectivity index (χ2n) is 14.6. The van der Waals surface area contributed by atoms with E-state index in [4.69, 9.17) is 28.1 Å². The SMILES string of the molecule is CO[C@@H]1C[C@H](O[C@@H]2[C@@H](C)O[C@@H](c3ccc4c(c3O)C(=O)c3c(cc(O)c5c(=O)cc([C@]6(C)O[C@@H]6C)oc35)C4=O)C[C@@]2(C)N(C)C)O[C@H](C)[C@@H]1O. The minimum atomic E-state index is -0.912. The smallest absolute Gasteiger partial charge is 0.202 e. The van der Waals surface area contributed by atoms with Gasteiger partial charge in [-0.2, -0.15) is 0 Å². The topological polar surface area (TPSA) is 178 Å². The monoisotopic (exact) mass is 693 g/mol. The molecule has 0 amide bonds. The Morgan fingerprint density at radius 3 is 2.28 bits per heavy atom. The average molecular weight is 694 g/mol. The maximum absolute atomic E-state index is 14.4. The largest absolute Gasteiger partial charge is 0.507 e. The molecule has 2 aromatic carbocycles. The van der Waals surface area contributed by atoms with Crippen LogP contribution < -0.4 is 5.43 Å². The molecule has 3 saturated heterocycles. The normalized spacial score (nSPS) is 35.3. The first-order valence-electron chi connectivity index (χ1n) is 16.8. The van der Waals surface area contributed by atoms with Crippen LogP contribution in [0, 0.1) is 0 Å². The predicted molar refractivity (Wildman–Crippen MR) is 178 cm³/mol. The number of hydrogen-bond donors (Lipinski definition) is 3. The van der Waals surface area contributed by atoms with Crippen LogP contribution in [0.15, 0.2) is 33.5 Å². The van der Waals surface area contributed by atoms with Crippen LogP contribution in [0.25, 0.3) is 11.0 Å². The predicted octanol–water partition coefficient (Wildman–Crippen LogP) is 3.68. The Bertz CT molecular complexity index is 1970. The van der Waals surface area contributed by atoms with Gasteiger partial charge >= 0.3 is 0 Å². The van der Waals surface area contributed by atoms with Crippen molar-refractivity contribution in [3.63, 3.8) is 0 Å². The van der Waals surface area contributed by atoms with E-state index in [2.05, 4.69) is 0 Å². The third-order valence-electron chi connectivity index (χ3n) is 11.4. The minimum absolute atomic E-state index is 0.0500. The summed E-state index contributed by atoms with van der Waals surface area (Å²) < 4.78 is 36.3. The number of likely N-dealkylation sites (N-methyl/N-ethyl adjacent to an activating group) is 1. The van der Waals surface area contributed by atoms with Gasteiger partial charge in [-0.25, -0.2) is 0 Å². The standard InChI is InChI=1S/C37H43NO12/c1-15-30(41)23(45-8)13-26(47-15)49-35-16(2)46-24(14-36(35,4)38(6)7)18-9-10-19-27(32(18)43)33(44)28-20(31(19)42)11-21(39)29-22(40)12-25(48-34(28)29)37(5)17(3)50-37/h9-12,15-17,23-24,26,30,35,39,41,43H,13-14H2,1-8H3/t15-,16-,17-,23-,24-,26+,30+,35-,36-,37-/m1/s1. The molecule has 10 atom stereocenters. The van der Waals surface area contributed by atoms with Gasteiger partial charge in [0, 0.05) is 41.8 Å². The van der Waals surface area contributed by atoms with E-state index in [1.165, 1.54) is 19.2 Å². The fraction of sp³-hybridized carbons (Fsp3) is 0.541. The van der Waals surface area contributed by atoms with Crippen LogP contribution in [0.1, 0.15) is 96.7 Å². The molecule has 268 valence electrons. The van der Waals surface area contributed by atoms with E-state index >= 15 is 0 Å². The Morgan fingerprint density at radius 2 is 1.64 bits per heavy atom. The zero-order valence-corrected chi connectivity index (χ0v) is 29.3. The van der Waals surface area contributed by atoms with E-state index in [0.717, 1.165) is 6.07 Å². The Morgan fingerprint density at radius 1 is 0.940 bits per heavy atom. The van der Waals surface area contributed by atoms with Crippen LogP contribution in [0.5, 0.6) is 11.5 Å². The summed E-state index contributed by atoms with van der Waals surface area (Å²) in [7, 11) is 5.37. The van der Waals surface area contributed by atoms with Crippen molar-refractivity contribution < 1.29 is 53.0 Å². The molecular formula is C37H43NO12. The molecule has 3 fully saturated rings. The Labute approximate surface area is 288 Å². The van der Waals surface area contributed by atoms with Crippen molar-refractivity contribution in [2.24, 2.45) is 0 Å². The van der Waals surface area contributed by atoms with Crippen LogP contribution >= 0.6 is 0 Å². The van der Waals surface area contributed by atoms with E-state index in [1.54, 1.807) is 19.9 Å². The molecule has 3 aliphatic heterocycles. The van der Waals surface area contributed by atoms with E-state index in [0.29, 0.717) is 18.4 Å². The molecule has 0 radical (unpaired) electrons. The lowest BCUT2D eigenvalue weighted by atomic mass is 9.77. The summed E-state index contributed by atoms with van der Waals surface area (Å²) in [6.45, 7) is 9.18. The number of ketones is 2. The second-order valence-corrected chi connectivity index (χ2v) is 14.6. The molecule has 13 nitrogen and oxygen atoms in total. The van der Waals surface area contributed by atoms with Gasteiger partial charge in [0.1, 0.15) is 40.5 Å². The highest BCUT2D eigenvalue weighted by atomic mass is 16.7. The van der Waals surface area contributed by atoms with Crippen LogP contribution in [0.3, 0.4) is 0 Å². The number of hydrogen-bond acceptors (Lipinski definition) is 13. The van der Waals surface area contributed by atoms with Crippen molar-refractivity contribution >= 4 is 22.5 Å². The van der Waals surface area contributed by atoms with Crippen molar-refractivity contribution in [2.45, 2.75) is 108 Å². The van der Waals surface area contributed by atoms with Crippen molar-refractivity contribution in [2.75, 3.05) is 21.2 Å². The number of ether oxygens (including phenoxy) is 5. The lowest BCUT2D eigenvalue weighted by molar-refractivity contribution is -0.300. The van der Waals surface area contributed by atoms with Crippen LogP contribution in [-0.2, 0) is 29.3 Å². The molecular weight excluding hydrogens is 650 g/mol. The number of benzene rings is 2. The quantitative estimate of drug-likeness (QED) is 0.250. The number of carbonyl (C=O) groups excluding carboxylic acids is 2. The zero-order valence-electron chi connectivity index (χ0n) is 29.3. The van der Waals surface area contributed by atoms with Gasteiger partial charge in [0.2, 0.25) is 5.78 Å². The summed E-state index contributed by atoms with van der Waals surface area (Å²) in [5, 5.41) is 32.9. The Hall–Kier alpha value is -3.69. The third-order valence-corrected chi connectivity index (χ3v) is 11.4. The highest BCUT2D eigenvalue weighted by Gasteiger charge is 2.54. The number of rotatable bonds is 6. The van der Waals surface area contributed by atoms with Crippen LogP contribution in [-0.4, -0.2) is 101 Å². The molecule has 0 bridgehead atoms. The number of phenols is 2. The minimum Gasteiger partial charge on any atom is -0.507 e. The molecule has 0 spiro atoms. The summed E-state index contributed by atoms with van der Waals surface area (Å²) in [5.74, 6) is -2.10. The molecule has 3 N–H and O–H groups in total. The zero-order chi connectivity index (χ0) is 36.2. The first-order valence-corrected chi connectivity index (χ1v) is 16.8. The number of aromatic hydroxyl groups is 2. The van der Waals surface area contributed by atoms with Gasteiger partial charge in [0.05, 0.1) is 41.6 Å². The number of methoxy groups -OCH3 is 1. The lowest BCUT2D eigenvalue weighted by Gasteiger charge is -2.52. The number of aliphatic hydroxyl groups excluding tert-OH is 1. The number of fused-ring (bicyclic) bond motifs is 4. The van der Waals surface area contributed by atoms with Crippen molar-refractivity contribution in [1.82, 2.24) is 4.90 Å². The summed E-state index contributed by atoms with van der Waals surface area (Å²) in [4.78, 5) is 43.5. The van der Waals surface area contributed by atoms with E-state index < -0.39 is 82.5 Å².